The summed E-state index contributed by atoms with van der Waals surface area (Å²) in [7, 11) is 0. The van der Waals surface area contributed by atoms with Crippen molar-refractivity contribution in [2.45, 2.75) is 44.8 Å². The second-order valence-corrected chi connectivity index (χ2v) is 7.36. The van der Waals surface area contributed by atoms with Gasteiger partial charge in [0.25, 0.3) is 5.91 Å². The van der Waals surface area contributed by atoms with Gasteiger partial charge in [-0.2, -0.15) is 0 Å². The van der Waals surface area contributed by atoms with E-state index in [2.05, 4.69) is 4.90 Å². The topological polar surface area (TPSA) is 62.2 Å². The average molecular weight is 376 g/mol. The molecule has 1 atom stereocenters. The Morgan fingerprint density at radius 3 is 2.67 bits per heavy atom. The lowest BCUT2D eigenvalue weighted by molar-refractivity contribution is 0.0239. The quantitative estimate of drug-likeness (QED) is 0.739. The molecule has 0 saturated carbocycles. The van der Waals surface area contributed by atoms with E-state index in [1.165, 1.54) is 0 Å². The minimum Gasteiger partial charge on any atom is -0.490 e. The van der Waals surface area contributed by atoms with E-state index in [0.717, 1.165) is 51.9 Å². The maximum Gasteiger partial charge on any atom is 0.257 e. The van der Waals surface area contributed by atoms with Gasteiger partial charge in [0.05, 0.1) is 18.3 Å². The van der Waals surface area contributed by atoms with E-state index in [4.69, 9.17) is 9.47 Å². The van der Waals surface area contributed by atoms with E-state index < -0.39 is 0 Å². The van der Waals surface area contributed by atoms with Crippen LogP contribution in [-0.2, 0) is 4.74 Å². The predicted molar refractivity (Wildman–Crippen MR) is 104 cm³/mol. The van der Waals surface area contributed by atoms with Crippen LogP contribution < -0.4 is 4.74 Å². The van der Waals surface area contributed by atoms with Crippen molar-refractivity contribution in [2.75, 3.05) is 46.0 Å². The average Bonchev–Trinajstić information content (AvgIpc) is 2.71. The zero-order chi connectivity index (χ0) is 19.1. The van der Waals surface area contributed by atoms with E-state index in [0.29, 0.717) is 37.2 Å². The zero-order valence-electron chi connectivity index (χ0n) is 16.3. The highest BCUT2D eigenvalue weighted by Crippen LogP contribution is 2.25. The molecular weight excluding hydrogens is 344 g/mol. The van der Waals surface area contributed by atoms with Crippen LogP contribution >= 0.6 is 0 Å². The number of β-amino-alcohol motifs (C(OH)–C–C–N with tert-alkyl or cyclic N) is 1. The molecule has 1 N–H and O–H groups in total. The van der Waals surface area contributed by atoms with Gasteiger partial charge in [0.2, 0.25) is 0 Å². The van der Waals surface area contributed by atoms with E-state index in [1.807, 2.05) is 36.1 Å². The third kappa shape index (κ3) is 5.43. The first-order valence-corrected chi connectivity index (χ1v) is 10.2. The molecule has 6 nitrogen and oxygen atoms in total. The number of benzene rings is 1. The van der Waals surface area contributed by atoms with Crippen molar-refractivity contribution in [2.24, 2.45) is 0 Å². The Bertz CT molecular complexity index is 602. The van der Waals surface area contributed by atoms with Crippen LogP contribution in [0.25, 0.3) is 0 Å². The third-order valence-electron chi connectivity index (χ3n) is 5.50. The Morgan fingerprint density at radius 2 is 1.93 bits per heavy atom. The van der Waals surface area contributed by atoms with Crippen LogP contribution in [0.1, 0.15) is 43.0 Å². The highest BCUT2D eigenvalue weighted by atomic mass is 16.5. The number of carbonyl (C=O) groups is 1. The number of hydrogen-bond acceptors (Lipinski definition) is 5. The maximum absolute atomic E-state index is 13.0. The Kier molecular flexibility index (Phi) is 7.50. The number of amides is 1. The molecule has 0 radical (unpaired) electrons. The third-order valence-corrected chi connectivity index (χ3v) is 5.50. The van der Waals surface area contributed by atoms with Gasteiger partial charge < -0.3 is 19.5 Å². The van der Waals surface area contributed by atoms with E-state index in [-0.39, 0.29) is 12.0 Å². The number of aliphatic hydroxyl groups excluding tert-OH is 1. The van der Waals surface area contributed by atoms with Crippen LogP contribution in [0.4, 0.5) is 0 Å². The first-order valence-electron chi connectivity index (χ1n) is 10.2. The molecule has 1 aromatic carbocycles. The summed E-state index contributed by atoms with van der Waals surface area (Å²) in [6.45, 7) is 6.91. The SMILES string of the molecule is CCOCCOc1ccccc1C(=O)N1CCC(N2CCCC(O)C2)CC1. The Balaban J connectivity index is 1.54. The Labute approximate surface area is 162 Å². The van der Waals surface area contributed by atoms with E-state index >= 15 is 0 Å². The van der Waals surface area contributed by atoms with Gasteiger partial charge in [0, 0.05) is 32.3 Å². The monoisotopic (exact) mass is 376 g/mol. The van der Waals surface area contributed by atoms with Gasteiger partial charge in [0.15, 0.2) is 0 Å². The molecule has 0 bridgehead atoms. The number of rotatable bonds is 7. The Morgan fingerprint density at radius 1 is 1.15 bits per heavy atom. The minimum absolute atomic E-state index is 0.0409. The van der Waals surface area contributed by atoms with Crippen LogP contribution in [0, 0.1) is 0 Å². The van der Waals surface area contributed by atoms with Gasteiger partial charge in [-0.05, 0) is 51.3 Å². The summed E-state index contributed by atoms with van der Waals surface area (Å²) in [5, 5.41) is 9.91. The van der Waals surface area contributed by atoms with Crippen LogP contribution in [0.2, 0.25) is 0 Å². The largest absolute Gasteiger partial charge is 0.490 e. The van der Waals surface area contributed by atoms with Crippen molar-refractivity contribution in [1.29, 1.82) is 0 Å². The fourth-order valence-electron chi connectivity index (χ4n) is 4.04. The van der Waals surface area contributed by atoms with Crippen molar-refractivity contribution in [3.63, 3.8) is 0 Å². The maximum atomic E-state index is 13.0. The molecule has 1 aromatic rings. The van der Waals surface area contributed by atoms with Crippen LogP contribution in [0.3, 0.4) is 0 Å². The Hall–Kier alpha value is -1.63. The van der Waals surface area contributed by atoms with Gasteiger partial charge >= 0.3 is 0 Å². The molecule has 1 amide bonds. The predicted octanol–water partition coefficient (Wildman–Crippen LogP) is 2.16. The summed E-state index contributed by atoms with van der Waals surface area (Å²) in [5.41, 5.74) is 0.626. The molecular formula is C21H32N2O4. The van der Waals surface area contributed by atoms with Gasteiger partial charge in [-0.3, -0.25) is 9.69 Å². The number of para-hydroxylation sites is 1. The lowest BCUT2D eigenvalue weighted by Crippen LogP contribution is -2.50. The second kappa shape index (κ2) is 10.1. The summed E-state index contributed by atoms with van der Waals surface area (Å²) < 4.78 is 11.1. The van der Waals surface area contributed by atoms with Gasteiger partial charge in [0.1, 0.15) is 12.4 Å². The van der Waals surface area contributed by atoms with E-state index in [9.17, 15) is 9.90 Å². The molecule has 27 heavy (non-hydrogen) atoms. The van der Waals surface area contributed by atoms with Crippen LogP contribution in [0.15, 0.2) is 24.3 Å². The summed E-state index contributed by atoms with van der Waals surface area (Å²) in [4.78, 5) is 17.3. The van der Waals surface area contributed by atoms with Crippen molar-refractivity contribution in [3.05, 3.63) is 29.8 Å². The molecule has 0 spiro atoms. The molecule has 2 fully saturated rings. The molecule has 2 aliphatic heterocycles. The summed E-state index contributed by atoms with van der Waals surface area (Å²) >= 11 is 0. The molecule has 2 saturated heterocycles. The number of ether oxygens (including phenoxy) is 2. The number of piperidine rings is 2. The minimum atomic E-state index is -0.195. The lowest BCUT2D eigenvalue weighted by atomic mass is 9.98. The fraction of sp³-hybridized carbons (Fsp3) is 0.667. The number of aliphatic hydroxyl groups is 1. The molecule has 0 aliphatic carbocycles. The van der Waals surface area contributed by atoms with Crippen molar-refractivity contribution < 1.29 is 19.4 Å². The number of hydrogen-bond donors (Lipinski definition) is 1. The molecule has 0 aromatic heterocycles. The zero-order valence-corrected chi connectivity index (χ0v) is 16.3. The lowest BCUT2D eigenvalue weighted by Gasteiger charge is -2.41. The van der Waals surface area contributed by atoms with Crippen molar-refractivity contribution in [3.8, 4) is 5.75 Å². The highest BCUT2D eigenvalue weighted by Gasteiger charge is 2.30. The smallest absolute Gasteiger partial charge is 0.257 e. The van der Waals surface area contributed by atoms with Gasteiger partial charge in [-0.25, -0.2) is 0 Å². The fourth-order valence-corrected chi connectivity index (χ4v) is 4.04. The van der Waals surface area contributed by atoms with Crippen molar-refractivity contribution >= 4 is 5.91 Å². The first kappa shape index (κ1) is 20.1. The molecule has 2 aliphatic rings. The first-order chi connectivity index (χ1) is 13.2. The van der Waals surface area contributed by atoms with Crippen LogP contribution in [-0.4, -0.2) is 79.0 Å². The number of carbonyl (C=O) groups excluding carboxylic acids is 1. The molecule has 150 valence electrons. The molecule has 6 heteroatoms. The second-order valence-electron chi connectivity index (χ2n) is 7.36. The van der Waals surface area contributed by atoms with Gasteiger partial charge in [-0.1, -0.05) is 12.1 Å². The molecule has 1 unspecified atom stereocenters. The normalized spacial score (nSPS) is 22.0. The van der Waals surface area contributed by atoms with Crippen LogP contribution in [0.5, 0.6) is 5.75 Å². The number of nitrogens with zero attached hydrogens (tertiary/aromatic N) is 2. The number of likely N-dealkylation sites (tertiary alicyclic amines) is 2. The summed E-state index contributed by atoms with van der Waals surface area (Å²) in [6, 6.07) is 7.93. The van der Waals surface area contributed by atoms with Crippen molar-refractivity contribution in [1.82, 2.24) is 9.80 Å². The highest BCUT2D eigenvalue weighted by molar-refractivity contribution is 5.97. The molecule has 2 heterocycles. The summed E-state index contributed by atoms with van der Waals surface area (Å²) in [5.74, 6) is 0.669. The summed E-state index contributed by atoms with van der Waals surface area (Å²) in [6.07, 6.45) is 3.71. The van der Waals surface area contributed by atoms with E-state index in [1.54, 1.807) is 0 Å². The van der Waals surface area contributed by atoms with Gasteiger partial charge in [-0.15, -0.1) is 0 Å². The standard InChI is InChI=1S/C21H32N2O4/c1-2-26-14-15-27-20-8-4-3-7-19(20)21(25)22-12-9-17(10-13-22)23-11-5-6-18(24)16-23/h3-4,7-8,17-18,24H,2,5-6,9-16H2,1H3. The molecule has 3 rings (SSSR count).